The highest BCUT2D eigenvalue weighted by Gasteiger charge is 2.33. The number of pyridine rings is 1. The van der Waals surface area contributed by atoms with Crippen molar-refractivity contribution in [3.63, 3.8) is 0 Å². The first kappa shape index (κ1) is 16.3. The smallest absolute Gasteiger partial charge is 0.417 e. The van der Waals surface area contributed by atoms with Crippen molar-refractivity contribution in [2.75, 3.05) is 6.61 Å². The van der Waals surface area contributed by atoms with E-state index in [1.807, 2.05) is 0 Å². The van der Waals surface area contributed by atoms with E-state index in [0.29, 0.717) is 0 Å². The number of ether oxygens (including phenoxy) is 1. The average molecular weight is 330 g/mol. The number of carbonyl (C=O) groups is 1. The van der Waals surface area contributed by atoms with E-state index >= 15 is 0 Å². The van der Waals surface area contributed by atoms with Crippen LogP contribution in [0.15, 0.2) is 36.5 Å². The first-order chi connectivity index (χ1) is 10.3. The number of carbonyl (C=O) groups excluding carboxylic acids is 1. The Hall–Kier alpha value is -2.08. The number of hydrogen-bond acceptors (Lipinski definition) is 3. The summed E-state index contributed by atoms with van der Waals surface area (Å²) in [5.41, 5.74) is -0.877. The predicted molar refractivity (Wildman–Crippen MR) is 75.6 cm³/mol. The van der Waals surface area contributed by atoms with Crippen molar-refractivity contribution in [3.05, 3.63) is 52.7 Å². The molecule has 0 aliphatic carbocycles. The minimum absolute atomic E-state index is 0.0109. The van der Waals surface area contributed by atoms with Gasteiger partial charge in [0.1, 0.15) is 0 Å². The van der Waals surface area contributed by atoms with Crippen LogP contribution in [0.4, 0.5) is 13.2 Å². The van der Waals surface area contributed by atoms with Crippen LogP contribution in [0, 0.1) is 0 Å². The molecule has 2 aromatic rings. The van der Waals surface area contributed by atoms with Gasteiger partial charge in [-0.05, 0) is 19.1 Å². The third kappa shape index (κ3) is 3.39. The van der Waals surface area contributed by atoms with Gasteiger partial charge in [-0.3, -0.25) is 4.98 Å². The molecule has 0 aliphatic heterocycles. The van der Waals surface area contributed by atoms with Crippen molar-refractivity contribution in [3.8, 4) is 11.3 Å². The Morgan fingerprint density at radius 2 is 2.00 bits per heavy atom. The lowest BCUT2D eigenvalue weighted by molar-refractivity contribution is -0.137. The maximum absolute atomic E-state index is 13.0. The van der Waals surface area contributed by atoms with Crippen LogP contribution in [0.2, 0.25) is 5.02 Å². The summed E-state index contributed by atoms with van der Waals surface area (Å²) < 4.78 is 43.8. The Morgan fingerprint density at radius 1 is 1.32 bits per heavy atom. The average Bonchev–Trinajstić information content (AvgIpc) is 2.46. The monoisotopic (exact) mass is 329 g/mol. The van der Waals surface area contributed by atoms with E-state index < -0.39 is 17.7 Å². The van der Waals surface area contributed by atoms with Crippen molar-refractivity contribution >= 4 is 17.6 Å². The summed E-state index contributed by atoms with van der Waals surface area (Å²) in [6.07, 6.45) is -3.40. The molecule has 0 spiro atoms. The van der Waals surface area contributed by atoms with Gasteiger partial charge in [0.2, 0.25) is 0 Å². The fourth-order valence-corrected chi connectivity index (χ4v) is 2.12. The first-order valence-corrected chi connectivity index (χ1v) is 6.71. The summed E-state index contributed by atoms with van der Waals surface area (Å²) in [6.45, 7) is 1.79. The third-order valence-electron chi connectivity index (χ3n) is 2.86. The van der Waals surface area contributed by atoms with E-state index in [1.54, 1.807) is 6.92 Å². The molecule has 0 radical (unpaired) electrons. The lowest BCUT2D eigenvalue weighted by Crippen LogP contribution is -2.09. The highest BCUT2D eigenvalue weighted by molar-refractivity contribution is 6.33. The van der Waals surface area contributed by atoms with Gasteiger partial charge in [0.05, 0.1) is 28.5 Å². The molecule has 0 atom stereocenters. The van der Waals surface area contributed by atoms with Crippen LogP contribution in [0.25, 0.3) is 11.3 Å². The van der Waals surface area contributed by atoms with Gasteiger partial charge in [-0.15, -0.1) is 0 Å². The van der Waals surface area contributed by atoms with Gasteiger partial charge >= 0.3 is 12.1 Å². The molecule has 0 unspecified atom stereocenters. The number of nitrogens with zero attached hydrogens (tertiary/aromatic N) is 1. The third-order valence-corrected chi connectivity index (χ3v) is 3.17. The lowest BCUT2D eigenvalue weighted by atomic mass is 10.0. The zero-order valence-corrected chi connectivity index (χ0v) is 12.2. The van der Waals surface area contributed by atoms with Gasteiger partial charge in [-0.25, -0.2) is 4.79 Å². The summed E-state index contributed by atoms with van der Waals surface area (Å²) >= 11 is 5.95. The van der Waals surface area contributed by atoms with Crippen LogP contribution in [0.1, 0.15) is 22.8 Å². The van der Waals surface area contributed by atoms with Gasteiger partial charge < -0.3 is 4.74 Å². The molecule has 0 aliphatic rings. The highest BCUT2D eigenvalue weighted by atomic mass is 35.5. The molecule has 1 aromatic carbocycles. The number of rotatable bonds is 3. The summed E-state index contributed by atoms with van der Waals surface area (Å²) in [6, 6.07) is 6.24. The molecular weight excluding hydrogens is 319 g/mol. The minimum atomic E-state index is -4.51. The quantitative estimate of drug-likeness (QED) is 0.773. The van der Waals surface area contributed by atoms with E-state index in [-0.39, 0.29) is 28.5 Å². The Bertz CT molecular complexity index is 701. The molecule has 2 rings (SSSR count). The van der Waals surface area contributed by atoms with E-state index in [2.05, 4.69) is 4.98 Å². The Balaban J connectivity index is 2.48. The maximum Gasteiger partial charge on any atom is 0.417 e. The van der Waals surface area contributed by atoms with Crippen LogP contribution in [0.5, 0.6) is 0 Å². The molecule has 1 heterocycles. The SMILES string of the molecule is CCOC(=O)c1cnc(-c2ccccc2C(F)(F)F)cc1Cl. The highest BCUT2D eigenvalue weighted by Crippen LogP contribution is 2.37. The second-order valence-corrected chi connectivity index (χ2v) is 4.72. The van der Waals surface area contributed by atoms with Crippen molar-refractivity contribution in [2.24, 2.45) is 0 Å². The molecule has 1 aromatic heterocycles. The standard InChI is InChI=1S/C15H11ClF3NO2/c1-2-22-14(21)10-8-20-13(7-12(10)16)9-5-3-4-6-11(9)15(17,18)19/h3-8H,2H2,1H3. The fraction of sp³-hybridized carbons (Fsp3) is 0.200. The molecule has 0 bridgehead atoms. The summed E-state index contributed by atoms with van der Waals surface area (Å²) in [5, 5.41) is -0.0135. The number of alkyl halides is 3. The van der Waals surface area contributed by atoms with E-state index in [4.69, 9.17) is 16.3 Å². The molecule has 0 N–H and O–H groups in total. The van der Waals surface area contributed by atoms with E-state index in [9.17, 15) is 18.0 Å². The van der Waals surface area contributed by atoms with Crippen LogP contribution >= 0.6 is 11.6 Å². The fourth-order valence-electron chi connectivity index (χ4n) is 1.89. The second-order valence-electron chi connectivity index (χ2n) is 4.31. The largest absolute Gasteiger partial charge is 0.462 e. The zero-order chi connectivity index (χ0) is 16.3. The van der Waals surface area contributed by atoms with E-state index in [0.717, 1.165) is 12.3 Å². The molecule has 0 saturated heterocycles. The van der Waals surface area contributed by atoms with Gasteiger partial charge in [0.15, 0.2) is 0 Å². The molecule has 22 heavy (non-hydrogen) atoms. The number of aromatic nitrogens is 1. The van der Waals surface area contributed by atoms with Gasteiger partial charge in [0.25, 0.3) is 0 Å². The number of halogens is 4. The molecule has 0 fully saturated rings. The number of hydrogen-bond donors (Lipinski definition) is 0. The van der Waals surface area contributed by atoms with Gasteiger partial charge in [0, 0.05) is 11.8 Å². The normalized spacial score (nSPS) is 11.3. The second kappa shape index (κ2) is 6.36. The maximum atomic E-state index is 13.0. The summed E-state index contributed by atoms with van der Waals surface area (Å²) in [7, 11) is 0. The van der Waals surface area contributed by atoms with Crippen molar-refractivity contribution in [2.45, 2.75) is 13.1 Å². The Kier molecular flexibility index (Phi) is 4.71. The van der Waals surface area contributed by atoms with Gasteiger partial charge in [-0.2, -0.15) is 13.2 Å². The Labute approximate surface area is 129 Å². The van der Waals surface area contributed by atoms with Crippen LogP contribution < -0.4 is 0 Å². The molecule has 0 saturated carbocycles. The molecule has 7 heteroatoms. The predicted octanol–water partition coefficient (Wildman–Crippen LogP) is 4.60. The van der Waals surface area contributed by atoms with Crippen molar-refractivity contribution in [1.82, 2.24) is 4.98 Å². The van der Waals surface area contributed by atoms with Crippen molar-refractivity contribution in [1.29, 1.82) is 0 Å². The molecule has 0 amide bonds. The summed E-state index contributed by atoms with van der Waals surface area (Å²) in [5.74, 6) is -0.671. The molecule has 3 nitrogen and oxygen atoms in total. The van der Waals surface area contributed by atoms with E-state index in [1.165, 1.54) is 24.3 Å². The molecule has 116 valence electrons. The first-order valence-electron chi connectivity index (χ1n) is 6.34. The van der Waals surface area contributed by atoms with Crippen LogP contribution in [-0.2, 0) is 10.9 Å². The Morgan fingerprint density at radius 3 is 2.59 bits per heavy atom. The van der Waals surface area contributed by atoms with Crippen molar-refractivity contribution < 1.29 is 22.7 Å². The van der Waals surface area contributed by atoms with Gasteiger partial charge in [-0.1, -0.05) is 29.8 Å². The topological polar surface area (TPSA) is 39.2 Å². The minimum Gasteiger partial charge on any atom is -0.462 e. The molecular formula is C15H11ClF3NO2. The number of esters is 1. The van der Waals surface area contributed by atoms with Crippen LogP contribution in [-0.4, -0.2) is 17.6 Å². The zero-order valence-electron chi connectivity index (χ0n) is 11.4. The summed E-state index contributed by atoms with van der Waals surface area (Å²) in [4.78, 5) is 15.5. The lowest BCUT2D eigenvalue weighted by Gasteiger charge is -2.13. The van der Waals surface area contributed by atoms with Crippen LogP contribution in [0.3, 0.4) is 0 Å². The number of benzene rings is 1.